The minimum Gasteiger partial charge on any atom is -0.370 e. The van der Waals surface area contributed by atoms with Gasteiger partial charge in [0.25, 0.3) is 5.56 Å². The first-order valence-corrected chi connectivity index (χ1v) is 4.77. The highest BCUT2D eigenvalue weighted by molar-refractivity contribution is 9.10. The van der Waals surface area contributed by atoms with Gasteiger partial charge in [0.1, 0.15) is 4.47 Å². The third-order valence-electron chi connectivity index (χ3n) is 1.76. The van der Waals surface area contributed by atoms with Gasteiger partial charge in [-0.3, -0.25) is 15.2 Å². The number of H-pyrrole nitrogens is 2. The molecule has 0 aromatic carbocycles. The molecule has 0 amide bonds. The van der Waals surface area contributed by atoms with Crippen molar-refractivity contribution in [1.29, 1.82) is 5.41 Å². The number of hydrogen-bond donors (Lipinski definition) is 4. The van der Waals surface area contributed by atoms with Crippen LogP contribution in [0.5, 0.6) is 0 Å². The molecule has 5 N–H and O–H groups in total. The van der Waals surface area contributed by atoms with Crippen molar-refractivity contribution in [1.82, 2.24) is 14.9 Å². The monoisotopic (exact) mass is 311 g/mol. The number of guanidine groups is 1. The lowest BCUT2D eigenvalue weighted by Gasteiger charge is -2.16. The number of nitrogens with one attached hydrogen (secondary N) is 3. The van der Waals surface area contributed by atoms with Gasteiger partial charge in [0.05, 0.1) is 12.2 Å². The molecule has 1 aromatic heterocycles. The van der Waals surface area contributed by atoms with E-state index in [0.29, 0.717) is 5.69 Å². The Balaban J connectivity index is 0.00000225. The number of nitrogens with two attached hydrogens (primary N) is 1. The maximum absolute atomic E-state index is 11.2. The SMILES string of the molecule is CN(Cc1[nH]c(=O)[nH]c(=O)c1Br)C(=N)N.Cl. The first kappa shape index (κ1) is 14.7. The van der Waals surface area contributed by atoms with Crippen LogP contribution in [-0.2, 0) is 6.54 Å². The lowest BCUT2D eigenvalue weighted by Crippen LogP contribution is -2.34. The zero-order valence-corrected chi connectivity index (χ0v) is 10.7. The molecule has 0 saturated carbocycles. The molecule has 0 aliphatic carbocycles. The second kappa shape index (κ2) is 5.71. The maximum Gasteiger partial charge on any atom is 0.326 e. The third kappa shape index (κ3) is 3.38. The first-order chi connectivity index (χ1) is 6.91. The molecule has 1 heterocycles. The molecule has 7 nitrogen and oxygen atoms in total. The lowest BCUT2D eigenvalue weighted by molar-refractivity contribution is 0.480. The Hall–Kier alpha value is -1.28. The average molecular weight is 313 g/mol. The lowest BCUT2D eigenvalue weighted by atomic mass is 10.4. The topological polar surface area (TPSA) is 119 Å². The van der Waals surface area contributed by atoms with Gasteiger partial charge < -0.3 is 15.6 Å². The number of hydrogen-bond acceptors (Lipinski definition) is 3. The molecular weight excluding hydrogens is 301 g/mol. The Kier molecular flexibility index (Phi) is 5.25. The van der Waals surface area contributed by atoms with E-state index in [9.17, 15) is 9.59 Å². The number of halogens is 2. The fourth-order valence-electron chi connectivity index (χ4n) is 0.949. The minimum absolute atomic E-state index is 0. The second-order valence-corrected chi connectivity index (χ2v) is 3.74. The Labute approximate surface area is 105 Å². The largest absolute Gasteiger partial charge is 0.370 e. The molecule has 9 heteroatoms. The minimum atomic E-state index is -0.588. The van der Waals surface area contributed by atoms with E-state index in [-0.39, 0.29) is 29.4 Å². The summed E-state index contributed by atoms with van der Waals surface area (Å²) in [5.41, 5.74) is 4.51. The molecule has 0 radical (unpaired) electrons. The van der Waals surface area contributed by atoms with Crippen molar-refractivity contribution in [3.8, 4) is 0 Å². The molecule has 0 unspecified atom stereocenters. The maximum atomic E-state index is 11.2. The fourth-order valence-corrected chi connectivity index (χ4v) is 1.27. The van der Waals surface area contributed by atoms with Crippen LogP contribution < -0.4 is 17.0 Å². The molecule has 0 spiro atoms. The van der Waals surface area contributed by atoms with Gasteiger partial charge in [-0.2, -0.15) is 0 Å². The number of rotatable bonds is 2. The fraction of sp³-hybridized carbons (Fsp3) is 0.286. The van der Waals surface area contributed by atoms with Gasteiger partial charge in [-0.25, -0.2) is 4.79 Å². The Morgan fingerprint density at radius 1 is 1.50 bits per heavy atom. The van der Waals surface area contributed by atoms with Crippen LogP contribution in [0.3, 0.4) is 0 Å². The summed E-state index contributed by atoms with van der Waals surface area (Å²) in [5.74, 6) is -0.150. The molecule has 0 fully saturated rings. The van der Waals surface area contributed by atoms with E-state index in [0.717, 1.165) is 0 Å². The van der Waals surface area contributed by atoms with Crippen molar-refractivity contribution < 1.29 is 0 Å². The van der Waals surface area contributed by atoms with E-state index in [2.05, 4.69) is 25.9 Å². The van der Waals surface area contributed by atoms with Crippen LogP contribution in [0.2, 0.25) is 0 Å². The summed E-state index contributed by atoms with van der Waals surface area (Å²) in [4.78, 5) is 28.1. The van der Waals surface area contributed by atoms with Gasteiger partial charge in [0, 0.05) is 7.05 Å². The van der Waals surface area contributed by atoms with Crippen molar-refractivity contribution in [2.24, 2.45) is 5.73 Å². The molecule has 0 aliphatic rings. The van der Waals surface area contributed by atoms with Gasteiger partial charge in [-0.1, -0.05) is 0 Å². The highest BCUT2D eigenvalue weighted by atomic mass is 79.9. The Morgan fingerprint density at radius 3 is 2.56 bits per heavy atom. The van der Waals surface area contributed by atoms with Crippen molar-refractivity contribution in [3.63, 3.8) is 0 Å². The van der Waals surface area contributed by atoms with Crippen LogP contribution in [0.1, 0.15) is 5.69 Å². The average Bonchev–Trinajstić information content (AvgIpc) is 2.13. The standard InChI is InChI=1S/C7H10BrN5O2.ClH/c1-13(6(9)10)2-3-4(8)5(14)12-7(15)11-3;/h2H2,1H3,(H3,9,10)(H2,11,12,14,15);1H. The third-order valence-corrected chi connectivity index (χ3v) is 2.60. The molecule has 0 atom stereocenters. The van der Waals surface area contributed by atoms with Crippen LogP contribution in [0.15, 0.2) is 14.1 Å². The van der Waals surface area contributed by atoms with Crippen LogP contribution >= 0.6 is 28.3 Å². The molecule has 1 aromatic rings. The van der Waals surface area contributed by atoms with E-state index in [4.69, 9.17) is 11.1 Å². The van der Waals surface area contributed by atoms with Crippen LogP contribution in [0, 0.1) is 5.41 Å². The van der Waals surface area contributed by atoms with Crippen molar-refractivity contribution in [2.45, 2.75) is 6.54 Å². The quantitative estimate of drug-likeness (QED) is 0.438. The van der Waals surface area contributed by atoms with E-state index in [1.54, 1.807) is 7.05 Å². The molecule has 0 aliphatic heterocycles. The Bertz CT molecular complexity index is 496. The second-order valence-electron chi connectivity index (χ2n) is 2.94. The van der Waals surface area contributed by atoms with Crippen molar-refractivity contribution >= 4 is 34.3 Å². The van der Waals surface area contributed by atoms with Crippen molar-refractivity contribution in [2.75, 3.05) is 7.05 Å². The van der Waals surface area contributed by atoms with E-state index < -0.39 is 11.2 Å². The molecular formula is C7H11BrClN5O2. The summed E-state index contributed by atoms with van der Waals surface area (Å²) in [6.45, 7) is 0.176. The van der Waals surface area contributed by atoms with Gasteiger partial charge in [0.2, 0.25) is 0 Å². The van der Waals surface area contributed by atoms with Gasteiger partial charge in [-0.05, 0) is 15.9 Å². The van der Waals surface area contributed by atoms with Gasteiger partial charge in [-0.15, -0.1) is 12.4 Å². The normalized spacial score (nSPS) is 9.38. The number of aromatic amines is 2. The van der Waals surface area contributed by atoms with Crippen LogP contribution in [0.25, 0.3) is 0 Å². The predicted octanol–water partition coefficient (Wildman–Crippen LogP) is -0.427. The smallest absolute Gasteiger partial charge is 0.326 e. The summed E-state index contributed by atoms with van der Waals surface area (Å²) < 4.78 is 0.232. The van der Waals surface area contributed by atoms with E-state index >= 15 is 0 Å². The summed E-state index contributed by atoms with van der Waals surface area (Å²) in [6, 6.07) is 0. The van der Waals surface area contributed by atoms with E-state index in [1.165, 1.54) is 4.90 Å². The Morgan fingerprint density at radius 2 is 2.06 bits per heavy atom. The van der Waals surface area contributed by atoms with Crippen molar-refractivity contribution in [3.05, 3.63) is 31.0 Å². The summed E-state index contributed by atoms with van der Waals surface area (Å²) >= 11 is 3.04. The molecule has 16 heavy (non-hydrogen) atoms. The van der Waals surface area contributed by atoms with Crippen LogP contribution in [-0.4, -0.2) is 27.9 Å². The predicted molar refractivity (Wildman–Crippen MR) is 66.0 cm³/mol. The summed E-state index contributed by atoms with van der Waals surface area (Å²) in [7, 11) is 1.58. The molecule has 90 valence electrons. The molecule has 1 rings (SSSR count). The van der Waals surface area contributed by atoms with Gasteiger partial charge in [0.15, 0.2) is 5.96 Å². The zero-order valence-electron chi connectivity index (χ0n) is 8.33. The van der Waals surface area contributed by atoms with Gasteiger partial charge >= 0.3 is 5.69 Å². The summed E-state index contributed by atoms with van der Waals surface area (Å²) in [6.07, 6.45) is 0. The highest BCUT2D eigenvalue weighted by Crippen LogP contribution is 2.08. The van der Waals surface area contributed by atoms with Crippen LogP contribution in [0.4, 0.5) is 0 Å². The number of aromatic nitrogens is 2. The highest BCUT2D eigenvalue weighted by Gasteiger charge is 2.09. The zero-order chi connectivity index (χ0) is 11.6. The molecule has 0 bridgehead atoms. The number of nitrogens with zero attached hydrogens (tertiary/aromatic N) is 1. The van der Waals surface area contributed by atoms with E-state index in [1.807, 2.05) is 0 Å². The summed E-state index contributed by atoms with van der Waals surface area (Å²) in [5, 5.41) is 7.14. The first-order valence-electron chi connectivity index (χ1n) is 3.98. The molecule has 0 saturated heterocycles.